The lowest BCUT2D eigenvalue weighted by molar-refractivity contribution is -0.142. The quantitative estimate of drug-likeness (QED) is 0.656. The molecule has 0 atom stereocenters. The Morgan fingerprint density at radius 2 is 1.87 bits per heavy atom. The van der Waals surface area contributed by atoms with Gasteiger partial charge in [-0.1, -0.05) is 0 Å². The van der Waals surface area contributed by atoms with Gasteiger partial charge in [-0.05, 0) is 20.8 Å². The lowest BCUT2D eigenvalue weighted by Crippen LogP contribution is -2.37. The Kier molecular flexibility index (Phi) is 5.33. The smallest absolute Gasteiger partial charge is 0.437 e. The number of anilines is 1. The highest BCUT2D eigenvalue weighted by Gasteiger charge is 2.43. The molecule has 0 fully saturated rings. The molecule has 0 radical (unpaired) electrons. The average Bonchev–Trinajstić information content (AvgIpc) is 2.82. The lowest BCUT2D eigenvalue weighted by Gasteiger charge is -2.20. The monoisotopic (exact) mass is 344 g/mol. The normalized spacial score (nSPS) is 12.4. The van der Waals surface area contributed by atoms with Crippen molar-refractivity contribution in [1.29, 1.82) is 0 Å². The summed E-state index contributed by atoms with van der Waals surface area (Å²) in [4.78, 5) is 26.0. The van der Waals surface area contributed by atoms with E-state index in [1.165, 1.54) is 6.92 Å². The van der Waals surface area contributed by atoms with Crippen LogP contribution in [0.3, 0.4) is 0 Å². The van der Waals surface area contributed by atoms with E-state index in [9.17, 15) is 31.5 Å². The molecule has 0 spiro atoms. The highest BCUT2D eigenvalue weighted by Crippen LogP contribution is 2.34. The van der Waals surface area contributed by atoms with E-state index in [1.54, 1.807) is 5.32 Å². The van der Waals surface area contributed by atoms with Crippen LogP contribution in [0, 0.1) is 5.41 Å². The van der Waals surface area contributed by atoms with E-state index in [1.807, 2.05) is 0 Å². The first-order valence-corrected chi connectivity index (χ1v) is 6.26. The van der Waals surface area contributed by atoms with Gasteiger partial charge in [-0.3, -0.25) is 10.1 Å². The van der Waals surface area contributed by atoms with Crippen molar-refractivity contribution in [3.05, 3.63) is 11.5 Å². The first-order valence-electron chi connectivity index (χ1n) is 6.26. The topological polar surface area (TPSA) is 81.4 Å². The zero-order chi connectivity index (χ0) is 18.0. The van der Waals surface area contributed by atoms with E-state index in [0.29, 0.717) is 0 Å². The van der Waals surface area contributed by atoms with Gasteiger partial charge >= 0.3 is 18.2 Å². The van der Waals surface area contributed by atoms with Crippen LogP contribution in [0.4, 0.5) is 28.0 Å². The van der Waals surface area contributed by atoms with Gasteiger partial charge in [-0.2, -0.15) is 18.2 Å². The minimum absolute atomic E-state index is 0.225. The summed E-state index contributed by atoms with van der Waals surface area (Å²) in [6.45, 7) is 2.89. The largest absolute Gasteiger partial charge is 0.460 e. The van der Waals surface area contributed by atoms with Crippen molar-refractivity contribution in [2.75, 3.05) is 11.9 Å². The number of aromatic nitrogens is 1. The minimum atomic E-state index is -5.06. The van der Waals surface area contributed by atoms with Crippen LogP contribution < -0.4 is 5.32 Å². The SMILES string of the molecule is CCOC(=O)c1oc(NC(=O)C(C)(C)C(F)F)nc1C(F)(F)F. The Labute approximate surface area is 127 Å². The average molecular weight is 344 g/mol. The minimum Gasteiger partial charge on any atom is -0.460 e. The molecule has 1 N–H and O–H groups in total. The number of nitrogens with zero attached hydrogens (tertiary/aromatic N) is 1. The summed E-state index contributed by atoms with van der Waals surface area (Å²) in [5, 5.41) is 1.69. The maximum Gasteiger partial charge on any atom is 0.437 e. The molecule has 0 saturated carbocycles. The van der Waals surface area contributed by atoms with Gasteiger partial charge in [0.25, 0.3) is 6.43 Å². The molecule has 1 heterocycles. The molecule has 6 nitrogen and oxygen atoms in total. The number of amides is 1. The molecule has 0 aromatic carbocycles. The van der Waals surface area contributed by atoms with E-state index in [4.69, 9.17) is 0 Å². The Morgan fingerprint density at radius 1 is 1.30 bits per heavy atom. The standard InChI is InChI=1S/C12H13F5N2O4/c1-4-22-7(20)5-6(12(15,16)17)18-10(23-5)19-9(21)11(2,3)8(13)14/h8H,4H2,1-3H3,(H,18,19,21). The van der Waals surface area contributed by atoms with Crippen molar-refractivity contribution in [1.82, 2.24) is 4.98 Å². The van der Waals surface area contributed by atoms with E-state index >= 15 is 0 Å². The maximum absolute atomic E-state index is 12.8. The van der Waals surface area contributed by atoms with E-state index < -0.39 is 47.4 Å². The molecular formula is C12H13F5N2O4. The predicted octanol–water partition coefficient (Wildman–Crippen LogP) is 3.10. The van der Waals surface area contributed by atoms with Crippen molar-refractivity contribution < 1.29 is 40.7 Å². The van der Waals surface area contributed by atoms with Crippen LogP contribution in [0.2, 0.25) is 0 Å². The molecule has 0 bridgehead atoms. The number of esters is 1. The van der Waals surface area contributed by atoms with Crippen LogP contribution in [0.5, 0.6) is 0 Å². The number of oxazole rings is 1. The highest BCUT2D eigenvalue weighted by molar-refractivity contribution is 5.94. The first-order chi connectivity index (χ1) is 10.4. The fourth-order valence-corrected chi connectivity index (χ4v) is 1.26. The highest BCUT2D eigenvalue weighted by atomic mass is 19.4. The number of hydrogen-bond acceptors (Lipinski definition) is 5. The molecule has 1 amide bonds. The molecule has 1 aromatic heterocycles. The second-order valence-corrected chi connectivity index (χ2v) is 4.89. The number of ether oxygens (including phenoxy) is 1. The van der Waals surface area contributed by atoms with Gasteiger partial charge in [-0.15, -0.1) is 0 Å². The first kappa shape index (κ1) is 18.8. The third-order valence-electron chi connectivity index (χ3n) is 2.71. The maximum atomic E-state index is 12.8. The van der Waals surface area contributed by atoms with Crippen LogP contribution in [-0.2, 0) is 15.7 Å². The molecule has 0 aliphatic heterocycles. The Balaban J connectivity index is 3.15. The summed E-state index contributed by atoms with van der Waals surface area (Å²) >= 11 is 0. The summed E-state index contributed by atoms with van der Waals surface area (Å²) < 4.78 is 72.7. The number of carbonyl (C=O) groups is 2. The van der Waals surface area contributed by atoms with E-state index in [0.717, 1.165) is 13.8 Å². The van der Waals surface area contributed by atoms with E-state index in [2.05, 4.69) is 14.1 Å². The van der Waals surface area contributed by atoms with E-state index in [-0.39, 0.29) is 6.61 Å². The van der Waals surface area contributed by atoms with Crippen molar-refractivity contribution in [3.63, 3.8) is 0 Å². The van der Waals surface area contributed by atoms with Crippen molar-refractivity contribution in [3.8, 4) is 0 Å². The van der Waals surface area contributed by atoms with Crippen LogP contribution in [0.15, 0.2) is 4.42 Å². The molecule has 23 heavy (non-hydrogen) atoms. The fourth-order valence-electron chi connectivity index (χ4n) is 1.26. The third kappa shape index (κ3) is 4.17. The zero-order valence-electron chi connectivity index (χ0n) is 12.3. The van der Waals surface area contributed by atoms with Crippen molar-refractivity contribution in [2.45, 2.75) is 33.4 Å². The Morgan fingerprint density at radius 3 is 2.30 bits per heavy atom. The second-order valence-electron chi connectivity index (χ2n) is 4.89. The van der Waals surface area contributed by atoms with Crippen LogP contribution in [-0.4, -0.2) is 29.9 Å². The van der Waals surface area contributed by atoms with Crippen LogP contribution in [0.1, 0.15) is 37.0 Å². The van der Waals surface area contributed by atoms with Crippen molar-refractivity contribution >= 4 is 17.9 Å². The Bertz CT molecular complexity index is 595. The molecule has 0 saturated heterocycles. The number of halogens is 5. The molecular weight excluding hydrogens is 331 g/mol. The lowest BCUT2D eigenvalue weighted by atomic mass is 9.93. The fraction of sp³-hybridized carbons (Fsp3) is 0.583. The molecule has 1 rings (SSSR count). The number of hydrogen-bond donors (Lipinski definition) is 1. The van der Waals surface area contributed by atoms with Gasteiger partial charge in [0, 0.05) is 0 Å². The summed E-state index contributed by atoms with van der Waals surface area (Å²) in [6, 6.07) is -1.03. The summed E-state index contributed by atoms with van der Waals surface area (Å²) in [7, 11) is 0. The van der Waals surface area contributed by atoms with Gasteiger partial charge in [0.1, 0.15) is 5.41 Å². The molecule has 0 aliphatic rings. The molecule has 1 aromatic rings. The van der Waals surface area contributed by atoms with Gasteiger partial charge in [0.2, 0.25) is 11.7 Å². The Hall–Kier alpha value is -2.20. The second kappa shape index (κ2) is 6.50. The molecule has 0 unspecified atom stereocenters. The van der Waals surface area contributed by atoms with Gasteiger partial charge in [-0.25, -0.2) is 13.6 Å². The van der Waals surface area contributed by atoms with Gasteiger partial charge in [0.05, 0.1) is 6.61 Å². The molecule has 0 aliphatic carbocycles. The summed E-state index contributed by atoms with van der Waals surface area (Å²) in [6.07, 6.45) is -8.14. The molecule has 11 heteroatoms. The van der Waals surface area contributed by atoms with Crippen LogP contribution in [0.25, 0.3) is 0 Å². The van der Waals surface area contributed by atoms with Gasteiger partial charge < -0.3 is 9.15 Å². The van der Waals surface area contributed by atoms with Gasteiger partial charge in [0.15, 0.2) is 5.69 Å². The number of alkyl halides is 5. The zero-order valence-corrected chi connectivity index (χ0v) is 12.3. The predicted molar refractivity (Wildman–Crippen MR) is 65.9 cm³/mol. The third-order valence-corrected chi connectivity index (χ3v) is 2.71. The summed E-state index contributed by atoms with van der Waals surface area (Å²) in [5.74, 6) is -4.04. The summed E-state index contributed by atoms with van der Waals surface area (Å²) in [5.41, 5.74) is -3.92. The number of rotatable bonds is 5. The van der Waals surface area contributed by atoms with Crippen LogP contribution >= 0.6 is 0 Å². The molecule has 130 valence electrons. The number of carbonyl (C=O) groups excluding carboxylic acids is 2. The van der Waals surface area contributed by atoms with Crippen molar-refractivity contribution in [2.24, 2.45) is 5.41 Å². The number of nitrogens with one attached hydrogen (secondary N) is 1.